The summed E-state index contributed by atoms with van der Waals surface area (Å²) >= 11 is 0. The first-order valence-electron chi connectivity index (χ1n) is 15.9. The van der Waals surface area contributed by atoms with Gasteiger partial charge in [-0.2, -0.15) is 5.26 Å². The molecule has 0 atom stereocenters. The van der Waals surface area contributed by atoms with Crippen molar-refractivity contribution >= 4 is 49.3 Å². The topological polar surface area (TPSA) is 38.0 Å². The first kappa shape index (κ1) is 27.4. The average Bonchev–Trinajstić information content (AvgIpc) is 3.67. The van der Waals surface area contributed by atoms with Gasteiger partial charge in [0.2, 0.25) is 0 Å². The lowest BCUT2D eigenvalue weighted by Gasteiger charge is -2.19. The summed E-state index contributed by atoms with van der Waals surface area (Å²) in [6.45, 7) is 7.95. The summed E-state index contributed by atoms with van der Waals surface area (Å²) in [6.07, 6.45) is 0. The Labute approximate surface area is 277 Å². The van der Waals surface area contributed by atoms with Crippen LogP contribution in [0.2, 0.25) is 0 Å². The Bertz CT molecular complexity index is 2710. The van der Waals surface area contributed by atoms with Gasteiger partial charge in [-0.25, -0.2) is 4.85 Å². The Morgan fingerprint density at radius 3 is 1.58 bits per heavy atom. The van der Waals surface area contributed by atoms with E-state index >= 15 is 0 Å². The third kappa shape index (κ3) is 4.07. The van der Waals surface area contributed by atoms with E-state index in [1.165, 1.54) is 21.5 Å². The molecule has 0 aliphatic rings. The van der Waals surface area contributed by atoms with E-state index < -0.39 is 0 Å². The minimum absolute atomic E-state index is 0.431. The molecule has 9 aromatic rings. The van der Waals surface area contributed by atoms with Gasteiger partial charge in [0.25, 0.3) is 0 Å². The molecule has 0 saturated heterocycles. The zero-order valence-electron chi connectivity index (χ0n) is 25.8. The van der Waals surface area contributed by atoms with E-state index in [1.54, 1.807) is 6.07 Å². The molecule has 2 aromatic heterocycles. The van der Waals surface area contributed by atoms with E-state index in [0.29, 0.717) is 11.3 Å². The van der Waals surface area contributed by atoms with Gasteiger partial charge in [0.05, 0.1) is 46.0 Å². The van der Waals surface area contributed by atoms with Gasteiger partial charge in [0.15, 0.2) is 5.69 Å². The van der Waals surface area contributed by atoms with Crippen molar-refractivity contribution < 1.29 is 0 Å². The van der Waals surface area contributed by atoms with Gasteiger partial charge in [-0.05, 0) is 65.7 Å². The first-order chi connectivity index (χ1) is 23.7. The van der Waals surface area contributed by atoms with Crippen LogP contribution in [0.25, 0.3) is 82.1 Å². The molecule has 0 radical (unpaired) electrons. The van der Waals surface area contributed by atoms with Crippen molar-refractivity contribution in [3.8, 4) is 39.7 Å². The number of benzene rings is 7. The third-order valence-electron chi connectivity index (χ3n) is 9.36. The van der Waals surface area contributed by atoms with Crippen LogP contribution in [-0.2, 0) is 0 Å². The van der Waals surface area contributed by atoms with Crippen LogP contribution in [0.5, 0.6) is 0 Å². The van der Waals surface area contributed by atoms with Crippen molar-refractivity contribution in [1.29, 1.82) is 5.26 Å². The molecular weight excluding hydrogens is 585 g/mol. The maximum atomic E-state index is 10.6. The van der Waals surface area contributed by atoms with Crippen LogP contribution in [0.3, 0.4) is 0 Å². The number of rotatable bonds is 4. The van der Waals surface area contributed by atoms with Gasteiger partial charge in [-0.3, -0.25) is 0 Å². The Morgan fingerprint density at radius 2 is 1.02 bits per heavy atom. The molecule has 0 unspecified atom stereocenters. The largest absolute Gasteiger partial charge is 0.309 e. The Balaban J connectivity index is 1.33. The van der Waals surface area contributed by atoms with E-state index in [2.05, 4.69) is 160 Å². The molecule has 2 heterocycles. The number of nitriles is 1. The highest BCUT2D eigenvalue weighted by Gasteiger charge is 2.21. The molecule has 7 aromatic carbocycles. The second kappa shape index (κ2) is 10.9. The minimum Gasteiger partial charge on any atom is -0.309 e. The number of aromatic nitrogens is 2. The summed E-state index contributed by atoms with van der Waals surface area (Å²) in [5.41, 5.74) is 10.8. The summed E-state index contributed by atoms with van der Waals surface area (Å²) in [4.78, 5) is 3.81. The number of fused-ring (bicyclic) bond motifs is 6. The van der Waals surface area contributed by atoms with E-state index in [4.69, 9.17) is 6.57 Å². The van der Waals surface area contributed by atoms with Crippen molar-refractivity contribution in [3.05, 3.63) is 175 Å². The molecule has 0 amide bonds. The Hall–Kier alpha value is -6.88. The smallest absolute Gasteiger partial charge is 0.189 e. The fraction of sp³-hybridized carbons (Fsp3) is 0. The molecule has 0 saturated carbocycles. The maximum Gasteiger partial charge on any atom is 0.189 e. The van der Waals surface area contributed by atoms with Gasteiger partial charge in [0, 0.05) is 38.4 Å². The minimum atomic E-state index is 0.431. The zero-order chi connectivity index (χ0) is 32.2. The molecule has 0 N–H and O–H groups in total. The van der Waals surface area contributed by atoms with Crippen molar-refractivity contribution in [2.75, 3.05) is 0 Å². The quantitative estimate of drug-likeness (QED) is 0.183. The molecule has 48 heavy (non-hydrogen) atoms. The molecule has 0 aliphatic heterocycles. The lowest BCUT2D eigenvalue weighted by Crippen LogP contribution is -1.99. The Morgan fingerprint density at radius 1 is 0.500 bits per heavy atom. The van der Waals surface area contributed by atoms with Crippen molar-refractivity contribution in [2.45, 2.75) is 0 Å². The van der Waals surface area contributed by atoms with E-state index in [-0.39, 0.29) is 0 Å². The Kier molecular flexibility index (Phi) is 6.22. The van der Waals surface area contributed by atoms with Crippen LogP contribution in [0, 0.1) is 17.9 Å². The molecule has 4 nitrogen and oxygen atoms in total. The molecule has 0 fully saturated rings. The van der Waals surface area contributed by atoms with Crippen LogP contribution in [0.15, 0.2) is 158 Å². The summed E-state index contributed by atoms with van der Waals surface area (Å²) in [5.74, 6) is 0. The maximum absolute atomic E-state index is 10.6. The van der Waals surface area contributed by atoms with Gasteiger partial charge in [-0.1, -0.05) is 103 Å². The predicted octanol–water partition coefficient (Wildman–Crippen LogP) is 11.6. The van der Waals surface area contributed by atoms with Crippen LogP contribution in [-0.4, -0.2) is 9.13 Å². The average molecular weight is 611 g/mol. The number of hydrogen-bond donors (Lipinski definition) is 0. The van der Waals surface area contributed by atoms with E-state index in [9.17, 15) is 5.26 Å². The van der Waals surface area contributed by atoms with Gasteiger partial charge in [-0.15, -0.1) is 0 Å². The monoisotopic (exact) mass is 610 g/mol. The highest BCUT2D eigenvalue weighted by molar-refractivity contribution is 6.11. The molecule has 4 heteroatoms. The van der Waals surface area contributed by atoms with Crippen LogP contribution < -0.4 is 0 Å². The van der Waals surface area contributed by atoms with Crippen molar-refractivity contribution in [2.24, 2.45) is 0 Å². The third-order valence-corrected chi connectivity index (χ3v) is 9.36. The highest BCUT2D eigenvalue weighted by Crippen LogP contribution is 2.43. The van der Waals surface area contributed by atoms with Gasteiger partial charge in [0.1, 0.15) is 0 Å². The zero-order valence-corrected chi connectivity index (χ0v) is 25.8. The highest BCUT2D eigenvalue weighted by atomic mass is 15.0. The molecular formula is C44H26N4. The van der Waals surface area contributed by atoms with E-state index in [1.807, 2.05) is 12.1 Å². The molecule has 0 bridgehead atoms. The van der Waals surface area contributed by atoms with Crippen LogP contribution in [0.1, 0.15) is 5.56 Å². The van der Waals surface area contributed by atoms with Crippen LogP contribution >= 0.6 is 0 Å². The fourth-order valence-corrected chi connectivity index (χ4v) is 7.38. The molecule has 0 spiro atoms. The summed E-state index contributed by atoms with van der Waals surface area (Å²) in [5, 5.41) is 15.3. The summed E-state index contributed by atoms with van der Waals surface area (Å²) in [7, 11) is 0. The summed E-state index contributed by atoms with van der Waals surface area (Å²) < 4.78 is 4.59. The molecule has 9 rings (SSSR count). The van der Waals surface area contributed by atoms with E-state index in [0.717, 1.165) is 55.7 Å². The SMILES string of the molecule is [C-]#[N+]c1cc(C#N)c(-c2cccc(-n3c4ccccc4c4ccccc43)c2)c(-c2ccccc2-n2c3ccccc3c3ccccc32)c1. The summed E-state index contributed by atoms with van der Waals surface area (Å²) in [6, 6.07) is 56.7. The normalized spacial score (nSPS) is 11.3. The number of nitrogens with zero attached hydrogens (tertiary/aromatic N) is 4. The standard InChI is InChI=1S/C44H26N4/c1-46-31-25-30(28-45)44(29-13-12-14-32(26-29)47-39-20-7-2-15-33(39)34-16-3-8-21-40(34)47)38(27-31)37-19-6-11-24-43(37)48-41-22-9-4-17-35(41)36-18-5-10-23-42(36)48/h2-27H. The second-order valence-electron chi connectivity index (χ2n) is 11.9. The number of para-hydroxylation sites is 5. The first-order valence-corrected chi connectivity index (χ1v) is 15.9. The van der Waals surface area contributed by atoms with Crippen LogP contribution in [0.4, 0.5) is 5.69 Å². The van der Waals surface area contributed by atoms with Gasteiger partial charge >= 0.3 is 0 Å². The van der Waals surface area contributed by atoms with Crippen molar-refractivity contribution in [1.82, 2.24) is 9.13 Å². The predicted molar refractivity (Wildman–Crippen MR) is 197 cm³/mol. The fourth-order valence-electron chi connectivity index (χ4n) is 7.38. The van der Waals surface area contributed by atoms with Gasteiger partial charge < -0.3 is 9.13 Å². The molecule has 222 valence electrons. The lowest BCUT2D eigenvalue weighted by atomic mass is 9.89. The lowest BCUT2D eigenvalue weighted by molar-refractivity contribution is 1.18. The number of hydrogen-bond acceptors (Lipinski definition) is 1. The molecule has 0 aliphatic carbocycles. The second-order valence-corrected chi connectivity index (χ2v) is 11.9. The van der Waals surface area contributed by atoms with Crippen molar-refractivity contribution in [3.63, 3.8) is 0 Å².